The number of pyridine rings is 1. The monoisotopic (exact) mass is 406 g/mol. The number of amides is 2. The summed E-state index contributed by atoms with van der Waals surface area (Å²) in [5.74, 6) is -0.0715. The normalized spacial score (nSPS) is 22.1. The highest BCUT2D eigenvalue weighted by atomic mass is 16.2. The minimum atomic E-state index is -0.812. The molecule has 2 aliphatic heterocycles. The summed E-state index contributed by atoms with van der Waals surface area (Å²) in [7, 11) is 1.65. The Labute approximate surface area is 178 Å². The van der Waals surface area contributed by atoms with Gasteiger partial charge in [-0.25, -0.2) is 0 Å². The van der Waals surface area contributed by atoms with E-state index in [9.17, 15) is 9.59 Å². The van der Waals surface area contributed by atoms with E-state index in [1.807, 2.05) is 41.3 Å². The molecule has 4 rings (SSSR count). The van der Waals surface area contributed by atoms with Crippen LogP contribution in [-0.2, 0) is 16.8 Å². The van der Waals surface area contributed by atoms with Crippen molar-refractivity contribution in [3.8, 4) is 0 Å². The van der Waals surface area contributed by atoms with Gasteiger partial charge in [-0.15, -0.1) is 0 Å². The molecular formula is C24H30N4O2. The van der Waals surface area contributed by atoms with Gasteiger partial charge in [-0.3, -0.25) is 19.5 Å². The molecule has 2 fully saturated rings. The van der Waals surface area contributed by atoms with Crippen molar-refractivity contribution >= 4 is 11.8 Å². The van der Waals surface area contributed by atoms with E-state index in [4.69, 9.17) is 0 Å². The Kier molecular flexibility index (Phi) is 6.13. The third-order valence-electron chi connectivity index (χ3n) is 6.44. The van der Waals surface area contributed by atoms with E-state index in [0.717, 1.165) is 42.9 Å². The van der Waals surface area contributed by atoms with Crippen LogP contribution in [0, 0.1) is 0 Å². The number of benzene rings is 1. The summed E-state index contributed by atoms with van der Waals surface area (Å²) >= 11 is 0. The molecule has 2 saturated heterocycles. The van der Waals surface area contributed by atoms with Crippen LogP contribution in [0.5, 0.6) is 0 Å². The highest BCUT2D eigenvalue weighted by Gasteiger charge is 2.45. The van der Waals surface area contributed by atoms with Gasteiger partial charge in [0.2, 0.25) is 5.91 Å². The van der Waals surface area contributed by atoms with Gasteiger partial charge in [0, 0.05) is 38.4 Å². The minimum Gasteiger partial charge on any atom is -0.358 e. The Morgan fingerprint density at radius 2 is 1.80 bits per heavy atom. The summed E-state index contributed by atoms with van der Waals surface area (Å²) in [5.41, 5.74) is 1.73. The fraction of sp³-hybridized carbons (Fsp3) is 0.458. The average Bonchev–Trinajstić information content (AvgIpc) is 3.32. The van der Waals surface area contributed by atoms with Crippen molar-refractivity contribution in [3.05, 3.63) is 65.5 Å². The fourth-order valence-electron chi connectivity index (χ4n) is 4.84. The summed E-state index contributed by atoms with van der Waals surface area (Å²) in [6.07, 6.45) is 5.61. The second-order valence-corrected chi connectivity index (χ2v) is 8.35. The van der Waals surface area contributed by atoms with Crippen molar-refractivity contribution in [1.29, 1.82) is 0 Å². The van der Waals surface area contributed by atoms with Gasteiger partial charge in [0.1, 0.15) is 5.41 Å². The first-order valence-electron chi connectivity index (χ1n) is 10.9. The summed E-state index contributed by atoms with van der Waals surface area (Å²) in [5, 5.41) is 2.81. The van der Waals surface area contributed by atoms with Gasteiger partial charge in [0.25, 0.3) is 5.91 Å². The first-order valence-corrected chi connectivity index (χ1v) is 10.9. The number of likely N-dealkylation sites (N-methyl/N-ethyl adjacent to an activating group) is 1. The van der Waals surface area contributed by atoms with Crippen LogP contribution >= 0.6 is 0 Å². The van der Waals surface area contributed by atoms with E-state index in [2.05, 4.69) is 21.3 Å². The third kappa shape index (κ3) is 3.97. The molecule has 6 nitrogen and oxygen atoms in total. The number of hydrogen-bond acceptors (Lipinski definition) is 4. The lowest BCUT2D eigenvalue weighted by Crippen LogP contribution is -2.56. The van der Waals surface area contributed by atoms with Gasteiger partial charge in [0.05, 0.1) is 5.69 Å². The van der Waals surface area contributed by atoms with Crippen molar-refractivity contribution < 1.29 is 9.59 Å². The maximum absolute atomic E-state index is 13.6. The zero-order valence-corrected chi connectivity index (χ0v) is 17.6. The van der Waals surface area contributed by atoms with Crippen molar-refractivity contribution in [1.82, 2.24) is 20.1 Å². The lowest BCUT2D eigenvalue weighted by molar-refractivity contribution is -0.128. The van der Waals surface area contributed by atoms with Crippen LogP contribution in [0.2, 0.25) is 0 Å². The van der Waals surface area contributed by atoms with Crippen molar-refractivity contribution in [2.45, 2.75) is 37.6 Å². The number of aromatic nitrogens is 1. The molecule has 2 aromatic rings. The lowest BCUT2D eigenvalue weighted by atomic mass is 9.75. The van der Waals surface area contributed by atoms with Crippen LogP contribution in [0.1, 0.15) is 47.3 Å². The SMILES string of the molecule is CNC(=O)C1(c2ccccn2)CCCN(C(=O)c2ccccc2CN2CCCC2)C1. The van der Waals surface area contributed by atoms with Crippen LogP contribution < -0.4 is 5.32 Å². The molecule has 1 atom stereocenters. The number of piperidine rings is 1. The summed E-state index contributed by atoms with van der Waals surface area (Å²) in [6, 6.07) is 13.5. The second-order valence-electron chi connectivity index (χ2n) is 8.35. The van der Waals surface area contributed by atoms with Crippen molar-refractivity contribution in [3.63, 3.8) is 0 Å². The zero-order chi connectivity index (χ0) is 21.0. The van der Waals surface area contributed by atoms with Crippen molar-refractivity contribution in [2.24, 2.45) is 0 Å². The number of nitrogens with one attached hydrogen (secondary N) is 1. The van der Waals surface area contributed by atoms with Crippen LogP contribution in [0.15, 0.2) is 48.7 Å². The van der Waals surface area contributed by atoms with Gasteiger partial charge in [-0.1, -0.05) is 24.3 Å². The highest BCUT2D eigenvalue weighted by Crippen LogP contribution is 2.34. The van der Waals surface area contributed by atoms with E-state index < -0.39 is 5.41 Å². The van der Waals surface area contributed by atoms with Gasteiger partial charge in [-0.2, -0.15) is 0 Å². The quantitative estimate of drug-likeness (QED) is 0.829. The predicted molar refractivity (Wildman–Crippen MR) is 116 cm³/mol. The van der Waals surface area contributed by atoms with Gasteiger partial charge >= 0.3 is 0 Å². The Balaban J connectivity index is 1.61. The van der Waals surface area contributed by atoms with Crippen LogP contribution in [-0.4, -0.2) is 59.8 Å². The molecular weight excluding hydrogens is 376 g/mol. The Hall–Kier alpha value is -2.73. The maximum Gasteiger partial charge on any atom is 0.254 e. The van der Waals surface area contributed by atoms with Crippen LogP contribution in [0.25, 0.3) is 0 Å². The van der Waals surface area contributed by atoms with E-state index >= 15 is 0 Å². The number of hydrogen-bond donors (Lipinski definition) is 1. The second kappa shape index (κ2) is 8.96. The smallest absolute Gasteiger partial charge is 0.254 e. The van der Waals surface area contributed by atoms with Crippen LogP contribution in [0.4, 0.5) is 0 Å². The summed E-state index contributed by atoms with van der Waals surface area (Å²) in [6.45, 7) is 3.98. The largest absolute Gasteiger partial charge is 0.358 e. The standard InChI is InChI=1S/C24H30N4O2/c1-25-23(30)24(21-11-4-5-13-26-21)12-8-16-28(18-24)22(29)20-10-3-2-9-19(20)17-27-14-6-7-15-27/h2-5,9-11,13H,6-8,12,14-18H2,1H3,(H,25,30). The van der Waals surface area contributed by atoms with E-state index in [1.54, 1.807) is 13.2 Å². The van der Waals surface area contributed by atoms with Crippen molar-refractivity contribution in [2.75, 3.05) is 33.2 Å². The predicted octanol–water partition coefficient (Wildman–Crippen LogP) is 2.60. The highest BCUT2D eigenvalue weighted by molar-refractivity contribution is 5.97. The third-order valence-corrected chi connectivity index (χ3v) is 6.44. The molecule has 0 aliphatic carbocycles. The molecule has 3 heterocycles. The zero-order valence-electron chi connectivity index (χ0n) is 17.6. The molecule has 6 heteroatoms. The number of likely N-dealkylation sites (tertiary alicyclic amines) is 2. The molecule has 1 aromatic carbocycles. The molecule has 1 unspecified atom stereocenters. The van der Waals surface area contributed by atoms with E-state index in [-0.39, 0.29) is 11.8 Å². The van der Waals surface area contributed by atoms with Gasteiger partial charge in [0.15, 0.2) is 0 Å². The Morgan fingerprint density at radius 1 is 1.03 bits per heavy atom. The first-order chi connectivity index (χ1) is 14.6. The first kappa shape index (κ1) is 20.5. The topological polar surface area (TPSA) is 65.5 Å². The average molecular weight is 407 g/mol. The Morgan fingerprint density at radius 3 is 2.53 bits per heavy atom. The summed E-state index contributed by atoms with van der Waals surface area (Å²) < 4.78 is 0. The number of carbonyl (C=O) groups is 2. The molecule has 0 saturated carbocycles. The number of rotatable bonds is 5. The molecule has 1 aromatic heterocycles. The lowest BCUT2D eigenvalue weighted by Gasteiger charge is -2.41. The molecule has 0 radical (unpaired) electrons. The molecule has 0 bridgehead atoms. The van der Waals surface area contributed by atoms with E-state index in [0.29, 0.717) is 19.5 Å². The molecule has 30 heavy (non-hydrogen) atoms. The van der Waals surface area contributed by atoms with Gasteiger partial charge in [-0.05, 0) is 62.5 Å². The number of carbonyl (C=O) groups excluding carboxylic acids is 2. The number of nitrogens with zero attached hydrogens (tertiary/aromatic N) is 3. The molecule has 1 N–H and O–H groups in total. The molecule has 158 valence electrons. The molecule has 0 spiro atoms. The molecule has 2 amide bonds. The van der Waals surface area contributed by atoms with Gasteiger partial charge < -0.3 is 10.2 Å². The molecule has 2 aliphatic rings. The summed E-state index contributed by atoms with van der Waals surface area (Å²) in [4.78, 5) is 35.3. The minimum absolute atomic E-state index is 0.00806. The Bertz CT molecular complexity index is 895. The fourth-order valence-corrected chi connectivity index (χ4v) is 4.84. The maximum atomic E-state index is 13.6. The van der Waals surface area contributed by atoms with Crippen LogP contribution in [0.3, 0.4) is 0 Å². The van der Waals surface area contributed by atoms with E-state index in [1.165, 1.54) is 12.8 Å².